The molecule has 16 heavy (non-hydrogen) atoms. The fourth-order valence-corrected chi connectivity index (χ4v) is 2.71. The maximum Gasteiger partial charge on any atom is 0.0889 e. The largest absolute Gasteiger partial charge is 0.396 e. The molecule has 2 rings (SSSR count). The van der Waals surface area contributed by atoms with Gasteiger partial charge in [0, 0.05) is 34.2 Å². The number of benzene rings is 1. The molecule has 0 radical (unpaired) electrons. The Morgan fingerprint density at radius 2 is 2.31 bits per heavy atom. The van der Waals surface area contributed by atoms with E-state index in [4.69, 9.17) is 16.3 Å². The van der Waals surface area contributed by atoms with Crippen molar-refractivity contribution in [3.63, 3.8) is 0 Å². The summed E-state index contributed by atoms with van der Waals surface area (Å²) in [6, 6.07) is 5.73. The predicted molar refractivity (Wildman–Crippen MR) is 67.7 cm³/mol. The number of aliphatic hydroxyl groups is 1. The molecule has 0 bridgehead atoms. The van der Waals surface area contributed by atoms with E-state index in [2.05, 4.69) is 15.9 Å². The highest BCUT2D eigenvalue weighted by Crippen LogP contribution is 2.37. The molecule has 2 nitrogen and oxygen atoms in total. The molecule has 4 heteroatoms. The van der Waals surface area contributed by atoms with E-state index in [1.54, 1.807) is 0 Å². The van der Waals surface area contributed by atoms with Gasteiger partial charge in [-0.05, 0) is 31.0 Å². The smallest absolute Gasteiger partial charge is 0.0889 e. The Kier molecular flexibility index (Phi) is 4.25. The van der Waals surface area contributed by atoms with Crippen LogP contribution in [-0.4, -0.2) is 18.3 Å². The Hall–Kier alpha value is -0.0900. The monoisotopic (exact) mass is 304 g/mol. The van der Waals surface area contributed by atoms with Crippen molar-refractivity contribution in [1.29, 1.82) is 0 Å². The number of ether oxygens (including phenoxy) is 1. The van der Waals surface area contributed by atoms with Gasteiger partial charge in [-0.25, -0.2) is 0 Å². The summed E-state index contributed by atoms with van der Waals surface area (Å²) in [6.07, 6.45) is 1.92. The van der Waals surface area contributed by atoms with E-state index >= 15 is 0 Å². The third-order valence-electron chi connectivity index (χ3n) is 2.94. The van der Waals surface area contributed by atoms with Gasteiger partial charge in [0.15, 0.2) is 0 Å². The van der Waals surface area contributed by atoms with Crippen LogP contribution in [0.25, 0.3) is 0 Å². The molecule has 0 spiro atoms. The van der Waals surface area contributed by atoms with Crippen molar-refractivity contribution in [2.45, 2.75) is 18.9 Å². The molecule has 1 aromatic rings. The third-order valence-corrected chi connectivity index (χ3v) is 3.78. The highest BCUT2D eigenvalue weighted by molar-refractivity contribution is 9.10. The Bertz CT molecular complexity index is 370. The first-order valence-corrected chi connectivity index (χ1v) is 6.57. The predicted octanol–water partition coefficient (Wildman–Crippen LogP) is 3.56. The van der Waals surface area contributed by atoms with Crippen LogP contribution in [0.2, 0.25) is 5.02 Å². The lowest BCUT2D eigenvalue weighted by Crippen LogP contribution is -2.25. The summed E-state index contributed by atoms with van der Waals surface area (Å²) in [5.41, 5.74) is 0.967. The van der Waals surface area contributed by atoms with Crippen LogP contribution < -0.4 is 0 Å². The van der Waals surface area contributed by atoms with Gasteiger partial charge in [0.25, 0.3) is 0 Å². The van der Waals surface area contributed by atoms with Crippen LogP contribution in [0, 0.1) is 5.92 Å². The number of halogens is 2. The average molecular weight is 306 g/mol. The molecule has 0 saturated carbocycles. The average Bonchev–Trinajstić information content (AvgIpc) is 2.32. The molecule has 1 aromatic carbocycles. The van der Waals surface area contributed by atoms with E-state index in [0.29, 0.717) is 5.02 Å². The minimum absolute atomic E-state index is 0.0799. The molecule has 0 aliphatic carbocycles. The zero-order chi connectivity index (χ0) is 11.5. The summed E-state index contributed by atoms with van der Waals surface area (Å²) in [7, 11) is 0. The first-order valence-electron chi connectivity index (χ1n) is 5.40. The molecule has 0 aromatic heterocycles. The lowest BCUT2D eigenvalue weighted by Gasteiger charge is -2.31. The molecule has 1 saturated heterocycles. The van der Waals surface area contributed by atoms with E-state index in [1.807, 2.05) is 18.2 Å². The summed E-state index contributed by atoms with van der Waals surface area (Å²) >= 11 is 9.60. The molecule has 88 valence electrons. The molecular formula is C12H14BrClO2. The lowest BCUT2D eigenvalue weighted by atomic mass is 9.90. The fourth-order valence-electron chi connectivity index (χ4n) is 2.11. The standard InChI is InChI=1S/C12H14BrClO2/c13-9-3-4-11(14)10(6-9)12-8(7-15)2-1-5-16-12/h3-4,6,8,12,15H,1-2,5,7H2. The van der Waals surface area contributed by atoms with Gasteiger partial charge in [-0.1, -0.05) is 27.5 Å². The van der Waals surface area contributed by atoms with Crippen LogP contribution >= 0.6 is 27.5 Å². The van der Waals surface area contributed by atoms with Crippen molar-refractivity contribution < 1.29 is 9.84 Å². The zero-order valence-corrected chi connectivity index (χ0v) is 11.2. The van der Waals surface area contributed by atoms with Gasteiger partial charge in [-0.15, -0.1) is 0 Å². The quantitative estimate of drug-likeness (QED) is 0.905. The SMILES string of the molecule is OCC1CCCOC1c1cc(Br)ccc1Cl. The van der Waals surface area contributed by atoms with E-state index in [-0.39, 0.29) is 18.6 Å². The second-order valence-electron chi connectivity index (χ2n) is 4.04. The van der Waals surface area contributed by atoms with Crippen LogP contribution in [0.1, 0.15) is 24.5 Å². The molecular weight excluding hydrogens is 291 g/mol. The van der Waals surface area contributed by atoms with Gasteiger partial charge in [0.2, 0.25) is 0 Å². The summed E-state index contributed by atoms with van der Waals surface area (Å²) in [5, 5.41) is 10.1. The second-order valence-corrected chi connectivity index (χ2v) is 5.36. The van der Waals surface area contributed by atoms with Gasteiger partial charge in [0.05, 0.1) is 6.10 Å². The number of hydrogen-bond acceptors (Lipinski definition) is 2. The van der Waals surface area contributed by atoms with Crippen molar-refractivity contribution in [3.8, 4) is 0 Å². The zero-order valence-electron chi connectivity index (χ0n) is 8.83. The highest BCUT2D eigenvalue weighted by atomic mass is 79.9. The number of hydrogen-bond donors (Lipinski definition) is 1. The Morgan fingerprint density at radius 1 is 1.50 bits per heavy atom. The normalized spacial score (nSPS) is 25.7. The van der Waals surface area contributed by atoms with Crippen LogP contribution in [0.4, 0.5) is 0 Å². The lowest BCUT2D eigenvalue weighted by molar-refractivity contribution is -0.0456. The van der Waals surface area contributed by atoms with Crippen molar-refractivity contribution >= 4 is 27.5 Å². The molecule has 1 aliphatic heterocycles. The Balaban J connectivity index is 2.30. The topological polar surface area (TPSA) is 29.5 Å². The van der Waals surface area contributed by atoms with Crippen LogP contribution in [0.15, 0.2) is 22.7 Å². The Morgan fingerprint density at radius 3 is 3.06 bits per heavy atom. The maximum absolute atomic E-state index is 9.35. The summed E-state index contributed by atoms with van der Waals surface area (Å²) in [5.74, 6) is 0.153. The van der Waals surface area contributed by atoms with E-state index in [1.165, 1.54) is 0 Å². The van der Waals surface area contributed by atoms with Crippen molar-refractivity contribution in [3.05, 3.63) is 33.3 Å². The summed E-state index contributed by atoms with van der Waals surface area (Å²) in [6.45, 7) is 0.886. The first-order chi connectivity index (χ1) is 7.72. The number of aliphatic hydroxyl groups excluding tert-OH is 1. The fraction of sp³-hybridized carbons (Fsp3) is 0.500. The minimum atomic E-state index is -0.0799. The highest BCUT2D eigenvalue weighted by Gasteiger charge is 2.28. The Labute approximate surface area is 109 Å². The van der Waals surface area contributed by atoms with Crippen LogP contribution in [0.5, 0.6) is 0 Å². The van der Waals surface area contributed by atoms with Gasteiger partial charge < -0.3 is 9.84 Å². The molecule has 1 heterocycles. The van der Waals surface area contributed by atoms with Crippen LogP contribution in [-0.2, 0) is 4.74 Å². The first kappa shape index (κ1) is 12.4. The summed E-state index contributed by atoms with van der Waals surface area (Å²) < 4.78 is 6.72. The van der Waals surface area contributed by atoms with E-state index in [9.17, 15) is 5.11 Å². The molecule has 0 amide bonds. The molecule has 1 N–H and O–H groups in total. The minimum Gasteiger partial charge on any atom is -0.396 e. The van der Waals surface area contributed by atoms with Gasteiger partial charge in [-0.2, -0.15) is 0 Å². The molecule has 2 atom stereocenters. The third kappa shape index (κ3) is 2.59. The number of rotatable bonds is 2. The second kappa shape index (κ2) is 5.50. The molecule has 2 unspecified atom stereocenters. The summed E-state index contributed by atoms with van der Waals surface area (Å²) in [4.78, 5) is 0. The van der Waals surface area contributed by atoms with Crippen LogP contribution in [0.3, 0.4) is 0 Å². The van der Waals surface area contributed by atoms with Crippen molar-refractivity contribution in [1.82, 2.24) is 0 Å². The molecule has 1 aliphatic rings. The van der Waals surface area contributed by atoms with Crippen molar-refractivity contribution in [2.75, 3.05) is 13.2 Å². The van der Waals surface area contributed by atoms with Gasteiger partial charge in [-0.3, -0.25) is 0 Å². The van der Waals surface area contributed by atoms with Gasteiger partial charge >= 0.3 is 0 Å². The van der Waals surface area contributed by atoms with Crippen molar-refractivity contribution in [2.24, 2.45) is 5.92 Å². The maximum atomic E-state index is 9.35. The van der Waals surface area contributed by atoms with Gasteiger partial charge in [0.1, 0.15) is 0 Å². The molecule has 1 fully saturated rings. The van der Waals surface area contributed by atoms with E-state index < -0.39 is 0 Å². The van der Waals surface area contributed by atoms with E-state index in [0.717, 1.165) is 29.5 Å².